The maximum absolute atomic E-state index is 5.30. The third-order valence-electron chi connectivity index (χ3n) is 3.54. The Kier molecular flexibility index (Phi) is 7.43. The van der Waals surface area contributed by atoms with Crippen molar-refractivity contribution in [2.45, 2.75) is 53.0 Å². The van der Waals surface area contributed by atoms with Crippen LogP contribution in [0, 0.1) is 0 Å². The molecule has 5 nitrogen and oxygen atoms in total. The lowest BCUT2D eigenvalue weighted by Crippen LogP contribution is -2.37. The Bertz CT molecular complexity index is 423. The van der Waals surface area contributed by atoms with Gasteiger partial charge in [0, 0.05) is 25.8 Å². The van der Waals surface area contributed by atoms with Gasteiger partial charge in [0.2, 0.25) is 0 Å². The van der Waals surface area contributed by atoms with Crippen molar-refractivity contribution < 1.29 is 4.74 Å². The highest BCUT2D eigenvalue weighted by Gasteiger charge is 2.22. The molecule has 0 aromatic carbocycles. The van der Waals surface area contributed by atoms with Crippen LogP contribution in [0.2, 0.25) is 0 Å². The Morgan fingerprint density at radius 3 is 2.48 bits per heavy atom. The van der Waals surface area contributed by atoms with Crippen LogP contribution in [0.4, 0.5) is 11.6 Å². The van der Waals surface area contributed by atoms with Gasteiger partial charge < -0.3 is 15.0 Å². The molecular weight excluding hydrogens is 264 g/mol. The average molecular weight is 294 g/mol. The topological polar surface area (TPSA) is 50.3 Å². The van der Waals surface area contributed by atoms with E-state index in [1.807, 2.05) is 0 Å². The van der Waals surface area contributed by atoms with Gasteiger partial charge >= 0.3 is 0 Å². The Morgan fingerprint density at radius 2 is 1.95 bits per heavy atom. The second-order valence-electron chi connectivity index (χ2n) is 5.63. The van der Waals surface area contributed by atoms with E-state index in [1.165, 1.54) is 5.56 Å². The minimum absolute atomic E-state index is 0.284. The quantitative estimate of drug-likeness (QED) is 0.757. The van der Waals surface area contributed by atoms with E-state index in [9.17, 15) is 0 Å². The van der Waals surface area contributed by atoms with Gasteiger partial charge in [-0.15, -0.1) is 0 Å². The maximum Gasteiger partial charge on any atom is 0.137 e. The van der Waals surface area contributed by atoms with Crippen LogP contribution in [0.15, 0.2) is 6.33 Å². The van der Waals surface area contributed by atoms with Crippen molar-refractivity contribution >= 4 is 11.6 Å². The molecule has 1 aromatic rings. The summed E-state index contributed by atoms with van der Waals surface area (Å²) in [5.41, 5.74) is 1.19. The van der Waals surface area contributed by atoms with Crippen LogP contribution in [-0.4, -0.2) is 42.8 Å². The van der Waals surface area contributed by atoms with E-state index in [1.54, 1.807) is 13.4 Å². The summed E-state index contributed by atoms with van der Waals surface area (Å²) < 4.78 is 5.30. The Morgan fingerprint density at radius 1 is 1.24 bits per heavy atom. The highest BCUT2D eigenvalue weighted by molar-refractivity contribution is 5.60. The molecule has 0 bridgehead atoms. The van der Waals surface area contributed by atoms with Crippen molar-refractivity contribution in [1.82, 2.24) is 9.97 Å². The highest BCUT2D eigenvalue weighted by atomic mass is 16.5. The van der Waals surface area contributed by atoms with Crippen LogP contribution in [0.3, 0.4) is 0 Å². The van der Waals surface area contributed by atoms with Gasteiger partial charge in [-0.05, 0) is 26.2 Å². The summed E-state index contributed by atoms with van der Waals surface area (Å²) in [7, 11) is 1.74. The van der Waals surface area contributed by atoms with Crippen LogP contribution < -0.4 is 10.2 Å². The molecule has 0 aliphatic carbocycles. The number of hydrogen-bond donors (Lipinski definition) is 1. The Hall–Kier alpha value is -1.36. The summed E-state index contributed by atoms with van der Waals surface area (Å²) >= 11 is 0. The smallest absolute Gasteiger partial charge is 0.137 e. The molecule has 0 saturated carbocycles. The molecule has 1 aromatic heterocycles. The lowest BCUT2D eigenvalue weighted by Gasteiger charge is -2.31. The lowest BCUT2D eigenvalue weighted by atomic mass is 10.0. The normalized spacial score (nSPS) is 12.5. The second kappa shape index (κ2) is 8.82. The lowest BCUT2D eigenvalue weighted by molar-refractivity contribution is 0.181. The van der Waals surface area contributed by atoms with Gasteiger partial charge in [-0.3, -0.25) is 0 Å². The zero-order valence-electron chi connectivity index (χ0n) is 14.3. The molecule has 1 heterocycles. The van der Waals surface area contributed by atoms with Crippen LogP contribution >= 0.6 is 0 Å². The van der Waals surface area contributed by atoms with Crippen LogP contribution in [0.1, 0.15) is 52.5 Å². The number of hydrogen-bond acceptors (Lipinski definition) is 5. The first-order chi connectivity index (χ1) is 10.1. The van der Waals surface area contributed by atoms with E-state index < -0.39 is 0 Å². The largest absolute Gasteiger partial charge is 0.383 e. The zero-order chi connectivity index (χ0) is 15.8. The first-order valence-electron chi connectivity index (χ1n) is 7.91. The predicted molar refractivity (Wildman–Crippen MR) is 89.3 cm³/mol. The monoisotopic (exact) mass is 294 g/mol. The number of ether oxygens (including phenoxy) is 1. The summed E-state index contributed by atoms with van der Waals surface area (Å²) in [6.45, 7) is 13.4. The zero-order valence-corrected chi connectivity index (χ0v) is 14.3. The molecule has 1 atom stereocenters. The molecule has 0 aliphatic heterocycles. The van der Waals surface area contributed by atoms with Crippen molar-refractivity contribution in [2.24, 2.45) is 0 Å². The first-order valence-corrected chi connectivity index (χ1v) is 7.91. The van der Waals surface area contributed by atoms with E-state index in [0.717, 1.165) is 31.1 Å². The Labute approximate surface area is 129 Å². The van der Waals surface area contributed by atoms with E-state index in [2.05, 4.69) is 54.8 Å². The van der Waals surface area contributed by atoms with Gasteiger partial charge in [0.05, 0.1) is 12.6 Å². The number of methoxy groups -OCH3 is 1. The molecule has 0 saturated heterocycles. The molecule has 1 unspecified atom stereocenters. The van der Waals surface area contributed by atoms with Crippen LogP contribution in [0.5, 0.6) is 0 Å². The van der Waals surface area contributed by atoms with Gasteiger partial charge in [0.15, 0.2) is 0 Å². The molecule has 120 valence electrons. The summed E-state index contributed by atoms with van der Waals surface area (Å²) in [5, 5.41) is 3.43. The van der Waals surface area contributed by atoms with E-state index in [0.29, 0.717) is 12.5 Å². The highest BCUT2D eigenvalue weighted by Crippen LogP contribution is 2.31. The molecule has 0 spiro atoms. The molecule has 1 rings (SSSR count). The van der Waals surface area contributed by atoms with E-state index in [4.69, 9.17) is 4.74 Å². The summed E-state index contributed by atoms with van der Waals surface area (Å²) in [6.07, 6.45) is 2.73. The molecule has 0 fully saturated rings. The fraction of sp³-hybridized carbons (Fsp3) is 0.750. The SMILES string of the molecule is CCCNc1ncnc(N(CC)C(C)COC)c1C(C)C. The van der Waals surface area contributed by atoms with Gasteiger partial charge in [-0.1, -0.05) is 20.8 Å². The third kappa shape index (κ3) is 4.56. The van der Waals surface area contributed by atoms with Crippen LogP contribution in [0.25, 0.3) is 0 Å². The summed E-state index contributed by atoms with van der Waals surface area (Å²) in [5.74, 6) is 2.34. The van der Waals surface area contributed by atoms with Crippen molar-refractivity contribution in [1.29, 1.82) is 0 Å². The van der Waals surface area contributed by atoms with E-state index >= 15 is 0 Å². The number of likely N-dealkylation sites (N-methyl/N-ethyl adjacent to an activating group) is 1. The van der Waals surface area contributed by atoms with Crippen molar-refractivity contribution in [3.63, 3.8) is 0 Å². The standard InChI is InChI=1S/C16H30N4O/c1-7-9-17-15-14(12(3)4)16(19-11-18-15)20(8-2)13(5)10-21-6/h11-13H,7-10H2,1-6H3,(H,17,18,19). The van der Waals surface area contributed by atoms with Crippen LogP contribution in [-0.2, 0) is 4.74 Å². The number of rotatable bonds is 9. The first kappa shape index (κ1) is 17.7. The molecule has 0 aliphatic rings. The molecule has 1 N–H and O–H groups in total. The molecule has 21 heavy (non-hydrogen) atoms. The summed E-state index contributed by atoms with van der Waals surface area (Å²) in [4.78, 5) is 11.3. The fourth-order valence-corrected chi connectivity index (χ4v) is 2.53. The van der Waals surface area contributed by atoms with Gasteiger partial charge in [-0.2, -0.15) is 0 Å². The predicted octanol–water partition coefficient (Wildman–Crippen LogP) is 3.28. The van der Waals surface area contributed by atoms with Crippen molar-refractivity contribution in [2.75, 3.05) is 37.0 Å². The maximum atomic E-state index is 5.30. The van der Waals surface area contributed by atoms with Gasteiger partial charge in [0.1, 0.15) is 18.0 Å². The van der Waals surface area contributed by atoms with E-state index in [-0.39, 0.29) is 6.04 Å². The average Bonchev–Trinajstić information content (AvgIpc) is 2.46. The molecule has 0 radical (unpaired) electrons. The Balaban J connectivity index is 3.19. The fourth-order valence-electron chi connectivity index (χ4n) is 2.53. The number of anilines is 2. The number of nitrogens with one attached hydrogen (secondary N) is 1. The van der Waals surface area contributed by atoms with Gasteiger partial charge in [0.25, 0.3) is 0 Å². The summed E-state index contributed by atoms with van der Waals surface area (Å²) in [6, 6.07) is 0.284. The number of nitrogens with zero attached hydrogens (tertiary/aromatic N) is 3. The third-order valence-corrected chi connectivity index (χ3v) is 3.54. The van der Waals surface area contributed by atoms with Gasteiger partial charge in [-0.25, -0.2) is 9.97 Å². The molecular formula is C16H30N4O. The second-order valence-corrected chi connectivity index (χ2v) is 5.63. The molecule has 5 heteroatoms. The molecule has 0 amide bonds. The minimum Gasteiger partial charge on any atom is -0.383 e. The van der Waals surface area contributed by atoms with Crippen molar-refractivity contribution in [3.8, 4) is 0 Å². The minimum atomic E-state index is 0.284. The number of aromatic nitrogens is 2. The van der Waals surface area contributed by atoms with Crippen molar-refractivity contribution in [3.05, 3.63) is 11.9 Å².